The molecule has 1 aromatic carbocycles. The first-order valence-corrected chi connectivity index (χ1v) is 9.17. The molecular weight excluding hydrogens is 366 g/mol. The molecule has 146 valence electrons. The van der Waals surface area contributed by atoms with Crippen molar-refractivity contribution >= 4 is 29.8 Å². The number of ketones is 1. The third-order valence-electron chi connectivity index (χ3n) is 4.40. The van der Waals surface area contributed by atoms with Crippen LogP contribution in [0, 0.1) is 0 Å². The van der Waals surface area contributed by atoms with Gasteiger partial charge >= 0.3 is 0 Å². The summed E-state index contributed by atoms with van der Waals surface area (Å²) >= 11 is 0. The Morgan fingerprint density at radius 3 is 2.70 bits per heavy atom. The van der Waals surface area contributed by atoms with Gasteiger partial charge in [-0.15, -0.1) is 12.4 Å². The van der Waals surface area contributed by atoms with Crippen LogP contribution in [0.3, 0.4) is 0 Å². The van der Waals surface area contributed by atoms with E-state index in [0.29, 0.717) is 29.8 Å². The van der Waals surface area contributed by atoms with Gasteiger partial charge < -0.3 is 20.4 Å². The molecule has 1 aliphatic rings. The number of halogens is 1. The molecule has 1 aromatic heterocycles. The smallest absolute Gasteiger partial charge is 0.257 e. The first-order valence-electron chi connectivity index (χ1n) is 9.17. The van der Waals surface area contributed by atoms with Crippen LogP contribution in [0.4, 0.5) is 5.69 Å². The van der Waals surface area contributed by atoms with Crippen LogP contribution < -0.4 is 15.4 Å². The number of amides is 1. The molecule has 0 aliphatic heterocycles. The average Bonchev–Trinajstić information content (AvgIpc) is 3.09. The molecule has 0 fully saturated rings. The predicted molar refractivity (Wildman–Crippen MR) is 108 cm³/mol. The quantitative estimate of drug-likeness (QED) is 0.600. The summed E-state index contributed by atoms with van der Waals surface area (Å²) in [4.78, 5) is 27.7. The molecule has 7 heteroatoms. The Bertz CT molecular complexity index is 771. The molecule has 0 saturated heterocycles. The highest BCUT2D eigenvalue weighted by atomic mass is 35.5. The Balaban J connectivity index is 0.00000261. The third-order valence-corrected chi connectivity index (χ3v) is 4.40. The monoisotopic (exact) mass is 391 g/mol. The maximum atomic E-state index is 12.5. The molecule has 0 spiro atoms. The predicted octanol–water partition coefficient (Wildman–Crippen LogP) is 3.59. The third kappa shape index (κ3) is 5.34. The number of carbonyl (C=O) groups is 2. The Morgan fingerprint density at radius 1 is 1.19 bits per heavy atom. The lowest BCUT2D eigenvalue weighted by molar-refractivity contribution is 0.0956. The normalized spacial score (nSPS) is 12.9. The van der Waals surface area contributed by atoms with Crippen LogP contribution in [-0.2, 0) is 6.42 Å². The van der Waals surface area contributed by atoms with Gasteiger partial charge in [0.25, 0.3) is 5.91 Å². The van der Waals surface area contributed by atoms with Crippen LogP contribution >= 0.6 is 12.4 Å². The molecule has 0 saturated carbocycles. The minimum atomic E-state index is -0.268. The summed E-state index contributed by atoms with van der Waals surface area (Å²) in [5.41, 5.74) is 2.51. The van der Waals surface area contributed by atoms with Gasteiger partial charge in [-0.3, -0.25) is 9.59 Å². The lowest BCUT2D eigenvalue weighted by Gasteiger charge is -2.12. The van der Waals surface area contributed by atoms with Crippen molar-refractivity contribution < 1.29 is 14.3 Å². The fourth-order valence-corrected chi connectivity index (χ4v) is 3.09. The number of hydrogen-bond acceptors (Lipinski definition) is 4. The summed E-state index contributed by atoms with van der Waals surface area (Å²) in [6.45, 7) is 4.52. The topological polar surface area (TPSA) is 83.2 Å². The molecule has 0 radical (unpaired) electrons. The van der Waals surface area contributed by atoms with Crippen LogP contribution in [0.15, 0.2) is 30.5 Å². The Morgan fingerprint density at radius 2 is 1.96 bits per heavy atom. The number of aromatic amines is 1. The number of Topliss-reactive ketones (excluding diaryl/α,β-unsaturated/α-hetero) is 1. The van der Waals surface area contributed by atoms with Crippen LogP contribution in [0.25, 0.3) is 0 Å². The van der Waals surface area contributed by atoms with Crippen molar-refractivity contribution in [2.75, 3.05) is 25.0 Å². The van der Waals surface area contributed by atoms with E-state index in [4.69, 9.17) is 4.74 Å². The number of carbonyl (C=O) groups excluding carboxylic acids is 2. The fraction of sp³-hybridized carbons (Fsp3) is 0.400. The first kappa shape index (κ1) is 21.0. The van der Waals surface area contributed by atoms with Crippen LogP contribution in [0.2, 0.25) is 0 Å². The van der Waals surface area contributed by atoms with Gasteiger partial charge in [0.2, 0.25) is 0 Å². The highest BCUT2D eigenvalue weighted by Gasteiger charge is 2.25. The van der Waals surface area contributed by atoms with E-state index < -0.39 is 0 Å². The zero-order valence-corrected chi connectivity index (χ0v) is 16.3. The number of ether oxygens (including phenoxy) is 1. The molecule has 1 heterocycles. The van der Waals surface area contributed by atoms with Crippen molar-refractivity contribution in [3.05, 3.63) is 47.3 Å². The summed E-state index contributed by atoms with van der Waals surface area (Å²) in [7, 11) is 0. The summed E-state index contributed by atoms with van der Waals surface area (Å²) < 4.78 is 5.65. The minimum Gasteiger partial charge on any atom is -0.492 e. The maximum absolute atomic E-state index is 12.5. The van der Waals surface area contributed by atoms with Gasteiger partial charge in [-0.25, -0.2) is 0 Å². The second-order valence-corrected chi connectivity index (χ2v) is 6.41. The molecule has 3 N–H and O–H groups in total. The minimum absolute atomic E-state index is 0. The van der Waals surface area contributed by atoms with Crippen LogP contribution in [0.1, 0.15) is 52.6 Å². The standard InChI is InChI=1S/C20H25N3O3.ClH/c1-2-10-21-11-12-26-15-8-6-14(7-9-15)23-20(25)16-13-22-17-4-3-5-18(24)19(16)17;/h6-9,13,21-22H,2-5,10-12H2,1H3,(H,23,25);1H. The Hall–Kier alpha value is -2.31. The lowest BCUT2D eigenvalue weighted by Crippen LogP contribution is -2.21. The number of aryl methyl sites for hydroxylation is 1. The highest BCUT2D eigenvalue weighted by Crippen LogP contribution is 2.25. The SMILES string of the molecule is CCCNCCOc1ccc(NC(=O)c2c[nH]c3c2C(=O)CCC3)cc1.Cl. The van der Waals surface area contributed by atoms with Crippen molar-refractivity contribution in [3.63, 3.8) is 0 Å². The summed E-state index contributed by atoms with van der Waals surface area (Å²) in [5, 5.41) is 6.12. The number of fused-ring (bicyclic) bond motifs is 1. The van der Waals surface area contributed by atoms with Gasteiger partial charge in [0, 0.05) is 30.5 Å². The van der Waals surface area contributed by atoms with E-state index in [1.165, 1.54) is 0 Å². The number of nitrogens with one attached hydrogen (secondary N) is 3. The van der Waals surface area contributed by atoms with E-state index in [2.05, 4.69) is 22.5 Å². The van der Waals surface area contributed by atoms with E-state index in [0.717, 1.165) is 43.8 Å². The molecule has 0 atom stereocenters. The molecular formula is C20H26ClN3O3. The van der Waals surface area contributed by atoms with Crippen molar-refractivity contribution in [1.29, 1.82) is 0 Å². The average molecular weight is 392 g/mol. The molecule has 6 nitrogen and oxygen atoms in total. The number of anilines is 1. The summed E-state index contributed by atoms with van der Waals surface area (Å²) in [5.74, 6) is 0.531. The van der Waals surface area contributed by atoms with Crippen molar-refractivity contribution in [2.24, 2.45) is 0 Å². The van der Waals surface area contributed by atoms with E-state index in [-0.39, 0.29) is 24.1 Å². The largest absolute Gasteiger partial charge is 0.492 e. The van der Waals surface area contributed by atoms with E-state index in [9.17, 15) is 9.59 Å². The number of H-pyrrole nitrogens is 1. The summed E-state index contributed by atoms with van der Waals surface area (Å²) in [6, 6.07) is 7.25. The van der Waals surface area contributed by atoms with E-state index in [1.54, 1.807) is 18.3 Å². The second kappa shape index (κ2) is 10.1. The number of aromatic nitrogens is 1. The van der Waals surface area contributed by atoms with Crippen LogP contribution in [0.5, 0.6) is 5.75 Å². The van der Waals surface area contributed by atoms with E-state index >= 15 is 0 Å². The number of benzene rings is 1. The second-order valence-electron chi connectivity index (χ2n) is 6.41. The van der Waals surface area contributed by atoms with Gasteiger partial charge in [-0.05, 0) is 50.1 Å². The van der Waals surface area contributed by atoms with Gasteiger partial charge in [0.1, 0.15) is 12.4 Å². The molecule has 3 rings (SSSR count). The van der Waals surface area contributed by atoms with Gasteiger partial charge in [-0.2, -0.15) is 0 Å². The zero-order chi connectivity index (χ0) is 18.4. The van der Waals surface area contributed by atoms with Crippen molar-refractivity contribution in [3.8, 4) is 5.75 Å². The highest BCUT2D eigenvalue weighted by molar-refractivity contribution is 6.13. The Labute approximate surface area is 165 Å². The van der Waals surface area contributed by atoms with Crippen molar-refractivity contribution in [2.45, 2.75) is 32.6 Å². The van der Waals surface area contributed by atoms with Gasteiger partial charge in [0.15, 0.2) is 5.78 Å². The lowest BCUT2D eigenvalue weighted by atomic mass is 9.93. The number of rotatable bonds is 8. The van der Waals surface area contributed by atoms with Gasteiger partial charge in [0.05, 0.1) is 11.1 Å². The Kier molecular flexibility index (Phi) is 7.88. The first-order chi connectivity index (χ1) is 12.7. The van der Waals surface area contributed by atoms with Gasteiger partial charge in [-0.1, -0.05) is 6.92 Å². The molecule has 27 heavy (non-hydrogen) atoms. The fourth-order valence-electron chi connectivity index (χ4n) is 3.09. The zero-order valence-electron chi connectivity index (χ0n) is 15.5. The van der Waals surface area contributed by atoms with Crippen molar-refractivity contribution in [1.82, 2.24) is 10.3 Å². The molecule has 0 bridgehead atoms. The number of hydrogen-bond donors (Lipinski definition) is 3. The molecule has 0 unspecified atom stereocenters. The molecule has 1 amide bonds. The van der Waals surface area contributed by atoms with E-state index in [1.807, 2.05) is 12.1 Å². The maximum Gasteiger partial charge on any atom is 0.257 e. The summed E-state index contributed by atoms with van der Waals surface area (Å²) in [6.07, 6.45) is 4.88. The molecule has 2 aromatic rings. The van der Waals surface area contributed by atoms with Crippen LogP contribution in [-0.4, -0.2) is 36.4 Å². The molecule has 1 aliphatic carbocycles.